The maximum Gasteiger partial charge on any atom is 0.295 e. The van der Waals surface area contributed by atoms with Gasteiger partial charge in [-0.3, -0.25) is 9.59 Å². The average Bonchev–Trinajstić information content (AvgIpc) is 3.16. The predicted molar refractivity (Wildman–Crippen MR) is 153 cm³/mol. The number of carbonyl (C=O) groups excluding carboxylic acids is 2. The van der Waals surface area contributed by atoms with Crippen molar-refractivity contribution in [2.24, 2.45) is 0 Å². The van der Waals surface area contributed by atoms with Crippen molar-refractivity contribution in [3.63, 3.8) is 0 Å². The first kappa shape index (κ1) is 28.0. The molecule has 1 fully saturated rings. The van der Waals surface area contributed by atoms with Crippen LogP contribution in [-0.4, -0.2) is 35.4 Å². The van der Waals surface area contributed by atoms with Gasteiger partial charge in [-0.25, -0.2) is 0 Å². The van der Waals surface area contributed by atoms with E-state index in [1.165, 1.54) is 4.90 Å². The molecule has 39 heavy (non-hydrogen) atoms. The summed E-state index contributed by atoms with van der Waals surface area (Å²) < 4.78 is 11.3. The number of hydrogen-bond donors (Lipinski definition) is 1. The molecule has 204 valence electrons. The molecule has 0 saturated carbocycles. The standard InChI is InChI=1S/C33H37NO5/c1-7-18-39-26-17-14-23(19-21(26)2)30(35)28-29(22-12-15-25(16-13-22)33(3,4)5)34(32(37)31(28)36)20-24-10-8-9-11-27(24)38-6/h8-17,19,29,35H,7,18,20H2,1-6H3/b30-28-. The Balaban J connectivity index is 1.84. The van der Waals surface area contributed by atoms with Gasteiger partial charge in [0.1, 0.15) is 17.3 Å². The monoisotopic (exact) mass is 527 g/mol. The highest BCUT2D eigenvalue weighted by Crippen LogP contribution is 2.42. The Hall–Kier alpha value is -4.06. The van der Waals surface area contributed by atoms with Crippen molar-refractivity contribution >= 4 is 17.4 Å². The summed E-state index contributed by atoms with van der Waals surface area (Å²) in [6, 6.07) is 19.9. The van der Waals surface area contributed by atoms with Crippen molar-refractivity contribution in [3.8, 4) is 11.5 Å². The van der Waals surface area contributed by atoms with Gasteiger partial charge in [0.2, 0.25) is 0 Å². The van der Waals surface area contributed by atoms with Crippen molar-refractivity contribution in [2.75, 3.05) is 13.7 Å². The van der Waals surface area contributed by atoms with E-state index in [0.717, 1.165) is 34.4 Å². The minimum Gasteiger partial charge on any atom is -0.507 e. The van der Waals surface area contributed by atoms with E-state index in [2.05, 4.69) is 20.8 Å². The van der Waals surface area contributed by atoms with Gasteiger partial charge in [0.05, 0.1) is 31.9 Å². The lowest BCUT2D eigenvalue weighted by atomic mass is 9.85. The van der Waals surface area contributed by atoms with E-state index in [1.807, 2.05) is 62.4 Å². The van der Waals surface area contributed by atoms with Crippen molar-refractivity contribution in [1.29, 1.82) is 0 Å². The largest absolute Gasteiger partial charge is 0.507 e. The highest BCUT2D eigenvalue weighted by atomic mass is 16.5. The Kier molecular flexibility index (Phi) is 8.14. The fraction of sp³-hybridized carbons (Fsp3) is 0.333. The van der Waals surface area contributed by atoms with Gasteiger partial charge in [-0.1, -0.05) is 70.2 Å². The van der Waals surface area contributed by atoms with E-state index in [-0.39, 0.29) is 23.3 Å². The number of ether oxygens (including phenoxy) is 2. The van der Waals surface area contributed by atoms with Gasteiger partial charge in [0.25, 0.3) is 11.7 Å². The highest BCUT2D eigenvalue weighted by molar-refractivity contribution is 6.46. The van der Waals surface area contributed by atoms with Crippen LogP contribution < -0.4 is 9.47 Å². The van der Waals surface area contributed by atoms with Crippen molar-refractivity contribution in [3.05, 3.63) is 100 Å². The molecule has 1 unspecified atom stereocenters. The summed E-state index contributed by atoms with van der Waals surface area (Å²) in [4.78, 5) is 28.5. The summed E-state index contributed by atoms with van der Waals surface area (Å²) in [6.45, 7) is 11.1. The third kappa shape index (κ3) is 5.70. The summed E-state index contributed by atoms with van der Waals surface area (Å²) in [7, 11) is 1.58. The number of likely N-dealkylation sites (tertiary alicyclic amines) is 1. The van der Waals surface area contributed by atoms with Crippen LogP contribution in [0, 0.1) is 6.92 Å². The van der Waals surface area contributed by atoms with Crippen molar-refractivity contribution < 1.29 is 24.2 Å². The van der Waals surface area contributed by atoms with E-state index in [4.69, 9.17) is 9.47 Å². The number of benzene rings is 3. The molecule has 1 saturated heterocycles. The van der Waals surface area contributed by atoms with Crippen LogP contribution in [0.25, 0.3) is 5.76 Å². The molecule has 3 aromatic carbocycles. The number of nitrogens with zero attached hydrogens (tertiary/aromatic N) is 1. The Bertz CT molecular complexity index is 1400. The second-order valence-electron chi connectivity index (χ2n) is 10.9. The molecule has 1 N–H and O–H groups in total. The molecule has 0 spiro atoms. The normalized spacial score (nSPS) is 17.0. The van der Waals surface area contributed by atoms with E-state index < -0.39 is 17.7 Å². The molecule has 6 heteroatoms. The molecular formula is C33H37NO5. The first-order valence-electron chi connectivity index (χ1n) is 13.3. The summed E-state index contributed by atoms with van der Waals surface area (Å²) in [5.41, 5.74) is 3.96. The molecular weight excluding hydrogens is 490 g/mol. The van der Waals surface area contributed by atoms with Gasteiger partial charge >= 0.3 is 0 Å². The molecule has 6 nitrogen and oxygen atoms in total. The molecule has 0 bridgehead atoms. The molecule has 0 radical (unpaired) electrons. The fourth-order valence-corrected chi connectivity index (χ4v) is 4.90. The number of Topliss-reactive ketones (excluding diaryl/α,β-unsaturated/α-hetero) is 1. The SMILES string of the molecule is CCCOc1ccc(/C(O)=C2/C(=O)C(=O)N(Cc3ccccc3OC)C2c2ccc(C(C)(C)C)cc2)cc1C. The number of aliphatic hydroxyl groups is 1. The van der Waals surface area contributed by atoms with Crippen LogP contribution in [0.4, 0.5) is 0 Å². The maximum atomic E-state index is 13.5. The second-order valence-corrected chi connectivity index (χ2v) is 10.9. The molecule has 1 amide bonds. The second kappa shape index (κ2) is 11.4. The van der Waals surface area contributed by atoms with Crippen LogP contribution in [-0.2, 0) is 21.5 Å². The van der Waals surface area contributed by atoms with Gasteiger partial charge in [0, 0.05) is 11.1 Å². The third-order valence-corrected chi connectivity index (χ3v) is 7.08. The number of aryl methyl sites for hydroxylation is 1. The molecule has 1 atom stereocenters. The zero-order valence-corrected chi connectivity index (χ0v) is 23.6. The number of hydrogen-bond acceptors (Lipinski definition) is 5. The van der Waals surface area contributed by atoms with Gasteiger partial charge in [0.15, 0.2) is 0 Å². The van der Waals surface area contributed by atoms with Gasteiger partial charge < -0.3 is 19.5 Å². The Labute approximate surface area is 230 Å². The maximum absolute atomic E-state index is 13.5. The quantitative estimate of drug-likeness (QED) is 0.200. The fourth-order valence-electron chi connectivity index (χ4n) is 4.90. The zero-order valence-electron chi connectivity index (χ0n) is 23.6. The number of ketones is 1. The summed E-state index contributed by atoms with van der Waals surface area (Å²) in [5, 5.41) is 11.5. The molecule has 1 aliphatic rings. The van der Waals surface area contributed by atoms with E-state index in [0.29, 0.717) is 17.9 Å². The van der Waals surface area contributed by atoms with Gasteiger partial charge in [-0.05, 0) is 59.7 Å². The summed E-state index contributed by atoms with van der Waals surface area (Å²) >= 11 is 0. The molecule has 1 heterocycles. The summed E-state index contributed by atoms with van der Waals surface area (Å²) in [5.74, 6) is -0.229. The minimum absolute atomic E-state index is 0.0587. The first-order valence-corrected chi connectivity index (χ1v) is 13.3. The van der Waals surface area contributed by atoms with Crippen LogP contribution in [0.3, 0.4) is 0 Å². The number of carbonyl (C=O) groups is 2. The van der Waals surface area contributed by atoms with Crippen molar-refractivity contribution in [2.45, 2.75) is 59.0 Å². The van der Waals surface area contributed by atoms with Crippen LogP contribution in [0.15, 0.2) is 72.3 Å². The lowest BCUT2D eigenvalue weighted by Gasteiger charge is -2.27. The van der Waals surface area contributed by atoms with E-state index >= 15 is 0 Å². The van der Waals surface area contributed by atoms with Gasteiger partial charge in [-0.2, -0.15) is 0 Å². The molecule has 0 aromatic heterocycles. The number of amides is 1. The predicted octanol–water partition coefficient (Wildman–Crippen LogP) is 6.71. The van der Waals surface area contributed by atoms with E-state index in [9.17, 15) is 14.7 Å². The lowest BCUT2D eigenvalue weighted by Crippen LogP contribution is -2.29. The topological polar surface area (TPSA) is 76.1 Å². The first-order chi connectivity index (χ1) is 18.6. The van der Waals surface area contributed by atoms with Crippen LogP contribution in [0.1, 0.15) is 68.0 Å². The van der Waals surface area contributed by atoms with Crippen LogP contribution >= 0.6 is 0 Å². The highest BCUT2D eigenvalue weighted by Gasteiger charge is 2.46. The lowest BCUT2D eigenvalue weighted by molar-refractivity contribution is -0.140. The molecule has 4 rings (SSSR count). The smallest absolute Gasteiger partial charge is 0.295 e. The van der Waals surface area contributed by atoms with Gasteiger partial charge in [-0.15, -0.1) is 0 Å². The Morgan fingerprint density at radius 3 is 2.28 bits per heavy atom. The molecule has 0 aliphatic carbocycles. The Morgan fingerprint density at radius 1 is 0.974 bits per heavy atom. The number of aliphatic hydroxyl groups excluding tert-OH is 1. The number of para-hydroxylation sites is 1. The third-order valence-electron chi connectivity index (χ3n) is 7.08. The van der Waals surface area contributed by atoms with E-state index in [1.54, 1.807) is 25.3 Å². The van der Waals surface area contributed by atoms with Crippen LogP contribution in [0.2, 0.25) is 0 Å². The average molecular weight is 528 g/mol. The zero-order chi connectivity index (χ0) is 28.3. The molecule has 3 aromatic rings. The van der Waals surface area contributed by atoms with Crippen molar-refractivity contribution in [1.82, 2.24) is 4.90 Å². The number of rotatable bonds is 8. The molecule has 1 aliphatic heterocycles. The Morgan fingerprint density at radius 2 is 1.67 bits per heavy atom. The minimum atomic E-state index is -0.764. The van der Waals surface area contributed by atoms with Crippen LogP contribution in [0.5, 0.6) is 11.5 Å². The summed E-state index contributed by atoms with van der Waals surface area (Å²) in [6.07, 6.45) is 0.880. The number of methoxy groups -OCH3 is 1.